The molecule has 2 aliphatic rings. The second-order valence-electron chi connectivity index (χ2n) is 5.63. The van der Waals surface area contributed by atoms with Crippen LogP contribution in [0.5, 0.6) is 0 Å². The van der Waals surface area contributed by atoms with E-state index in [1.54, 1.807) is 0 Å². The molecule has 4 N–H and O–H groups in total. The molecule has 0 radical (unpaired) electrons. The van der Waals surface area contributed by atoms with Crippen molar-refractivity contribution in [3.63, 3.8) is 0 Å². The number of nitrogens with two attached hydrogens (primary N) is 1. The molecule has 0 unspecified atom stereocenters. The zero-order chi connectivity index (χ0) is 18.9. The summed E-state index contributed by atoms with van der Waals surface area (Å²) in [6, 6.07) is -3.19. The molecule has 0 aromatic carbocycles. The van der Waals surface area contributed by atoms with Crippen molar-refractivity contribution in [3.05, 3.63) is 0 Å². The standard InChI is InChI=1S/C13H18F2N2O8/c1-4(18)17-7-6(16)10(14)13(15,11(20)22-2)25-9(7)8(19)5-3-23-12(21)24-5/h5-10,19H,3,16H2,1-2H3,(H,17,18)/t5-,6-,7-,8-,9-,10-,13-/m1/s1. The Kier molecular flexibility index (Phi) is 5.44. The Labute approximate surface area is 140 Å². The molecule has 25 heavy (non-hydrogen) atoms. The van der Waals surface area contributed by atoms with Gasteiger partial charge in [0.25, 0.3) is 0 Å². The van der Waals surface area contributed by atoms with E-state index in [9.17, 15) is 28.3 Å². The van der Waals surface area contributed by atoms with Crippen LogP contribution in [-0.2, 0) is 28.5 Å². The van der Waals surface area contributed by atoms with Crippen molar-refractivity contribution >= 4 is 18.0 Å². The molecule has 2 rings (SSSR count). The van der Waals surface area contributed by atoms with Gasteiger partial charge in [-0.1, -0.05) is 0 Å². The molecule has 2 saturated heterocycles. The number of aliphatic hydroxyl groups is 1. The minimum Gasteiger partial charge on any atom is -0.465 e. The molecule has 0 saturated carbocycles. The van der Waals surface area contributed by atoms with E-state index in [0.29, 0.717) is 0 Å². The van der Waals surface area contributed by atoms with Gasteiger partial charge in [0.1, 0.15) is 18.8 Å². The fraction of sp³-hybridized carbons (Fsp3) is 0.769. The highest BCUT2D eigenvalue weighted by atomic mass is 19.2. The maximum atomic E-state index is 14.8. The zero-order valence-corrected chi connectivity index (χ0v) is 13.3. The summed E-state index contributed by atoms with van der Waals surface area (Å²) < 4.78 is 47.3. The number of amides is 1. The molecule has 10 nitrogen and oxygen atoms in total. The highest BCUT2D eigenvalue weighted by Gasteiger charge is 2.63. The number of methoxy groups -OCH3 is 1. The van der Waals surface area contributed by atoms with Crippen LogP contribution in [0.1, 0.15) is 6.92 Å². The van der Waals surface area contributed by atoms with Gasteiger partial charge in [0.15, 0.2) is 12.3 Å². The van der Waals surface area contributed by atoms with Crippen LogP contribution in [0.15, 0.2) is 0 Å². The second-order valence-corrected chi connectivity index (χ2v) is 5.63. The van der Waals surface area contributed by atoms with Gasteiger partial charge < -0.3 is 35.1 Å². The first-order chi connectivity index (χ1) is 11.6. The number of hydrogen-bond acceptors (Lipinski definition) is 9. The van der Waals surface area contributed by atoms with Gasteiger partial charge in [-0.3, -0.25) is 4.79 Å². The van der Waals surface area contributed by atoms with Gasteiger partial charge in [0, 0.05) is 6.92 Å². The molecule has 2 fully saturated rings. The van der Waals surface area contributed by atoms with Crippen molar-refractivity contribution in [2.24, 2.45) is 5.73 Å². The Bertz CT molecular complexity index is 564. The number of carbonyl (C=O) groups excluding carboxylic acids is 3. The number of ether oxygens (including phenoxy) is 4. The number of nitrogens with one attached hydrogen (secondary N) is 1. The number of aliphatic hydroxyl groups excluding tert-OH is 1. The van der Waals surface area contributed by atoms with E-state index in [1.165, 1.54) is 0 Å². The van der Waals surface area contributed by atoms with E-state index in [4.69, 9.17) is 10.5 Å². The predicted octanol–water partition coefficient (Wildman–Crippen LogP) is -1.71. The smallest absolute Gasteiger partial charge is 0.465 e. The summed E-state index contributed by atoms with van der Waals surface area (Å²) in [7, 11) is 0.809. The average Bonchev–Trinajstić information content (AvgIpc) is 3.00. The van der Waals surface area contributed by atoms with Crippen molar-refractivity contribution in [1.82, 2.24) is 5.32 Å². The third-order valence-corrected chi connectivity index (χ3v) is 3.93. The van der Waals surface area contributed by atoms with E-state index < -0.39 is 67.1 Å². The molecule has 2 heterocycles. The summed E-state index contributed by atoms with van der Waals surface area (Å²) in [5.41, 5.74) is 5.63. The molecule has 1 amide bonds. The number of alkyl halides is 2. The summed E-state index contributed by atoms with van der Waals surface area (Å²) >= 11 is 0. The van der Waals surface area contributed by atoms with E-state index in [1.807, 2.05) is 0 Å². The third-order valence-electron chi connectivity index (χ3n) is 3.93. The number of rotatable bonds is 4. The molecule has 0 aromatic heterocycles. The lowest BCUT2D eigenvalue weighted by Gasteiger charge is -2.46. The third kappa shape index (κ3) is 3.50. The van der Waals surface area contributed by atoms with Gasteiger partial charge in [0.05, 0.1) is 19.2 Å². The van der Waals surface area contributed by atoms with Crippen LogP contribution < -0.4 is 11.1 Å². The fourth-order valence-electron chi connectivity index (χ4n) is 2.70. The van der Waals surface area contributed by atoms with Crippen molar-refractivity contribution in [2.75, 3.05) is 13.7 Å². The van der Waals surface area contributed by atoms with Crippen LogP contribution in [0.4, 0.5) is 13.6 Å². The van der Waals surface area contributed by atoms with Crippen LogP contribution in [0.2, 0.25) is 0 Å². The van der Waals surface area contributed by atoms with Crippen molar-refractivity contribution in [1.29, 1.82) is 0 Å². The van der Waals surface area contributed by atoms with Gasteiger partial charge in [-0.2, -0.15) is 4.39 Å². The van der Waals surface area contributed by atoms with Gasteiger partial charge in [-0.15, -0.1) is 0 Å². The molecular weight excluding hydrogens is 350 g/mol. The predicted molar refractivity (Wildman–Crippen MR) is 73.4 cm³/mol. The van der Waals surface area contributed by atoms with Crippen LogP contribution in [-0.4, -0.2) is 79.3 Å². The summed E-state index contributed by atoms with van der Waals surface area (Å²) in [5, 5.41) is 12.6. The lowest BCUT2D eigenvalue weighted by Crippen LogP contribution is -2.73. The second kappa shape index (κ2) is 7.06. The van der Waals surface area contributed by atoms with E-state index in [2.05, 4.69) is 19.5 Å². The number of hydrogen-bond donors (Lipinski definition) is 3. The Balaban J connectivity index is 2.34. The first-order valence-electron chi connectivity index (χ1n) is 7.25. The Morgan fingerprint density at radius 3 is 2.64 bits per heavy atom. The lowest BCUT2D eigenvalue weighted by molar-refractivity contribution is -0.275. The minimum absolute atomic E-state index is 0.390. The fourth-order valence-corrected chi connectivity index (χ4v) is 2.70. The molecule has 0 spiro atoms. The Hall–Kier alpha value is -2.05. The SMILES string of the molecule is COC(=O)[C@]1(F)O[C@@H]([C@H](O)[C@H]2COC(=O)O2)[C@H](NC(C)=O)[C@@H](N)[C@H]1F. The monoisotopic (exact) mass is 368 g/mol. The summed E-state index contributed by atoms with van der Waals surface area (Å²) in [6.45, 7) is 0.693. The molecule has 0 bridgehead atoms. The lowest BCUT2D eigenvalue weighted by atomic mass is 9.86. The zero-order valence-electron chi connectivity index (χ0n) is 13.3. The van der Waals surface area contributed by atoms with Gasteiger partial charge in [-0.25, -0.2) is 14.0 Å². The van der Waals surface area contributed by atoms with Gasteiger partial charge >= 0.3 is 18.0 Å². The van der Waals surface area contributed by atoms with Crippen LogP contribution in [0.3, 0.4) is 0 Å². The first kappa shape index (κ1) is 19.3. The number of halogens is 2. The summed E-state index contributed by atoms with van der Waals surface area (Å²) in [5.74, 6) is -5.98. The average molecular weight is 368 g/mol. The van der Waals surface area contributed by atoms with E-state index >= 15 is 0 Å². The number of cyclic esters (lactones) is 2. The topological polar surface area (TPSA) is 146 Å². The Morgan fingerprint density at radius 1 is 1.52 bits per heavy atom. The van der Waals surface area contributed by atoms with Crippen molar-refractivity contribution < 1.29 is 47.2 Å². The molecule has 0 aliphatic carbocycles. The van der Waals surface area contributed by atoms with Crippen LogP contribution in [0, 0.1) is 0 Å². The van der Waals surface area contributed by atoms with Crippen LogP contribution >= 0.6 is 0 Å². The maximum absolute atomic E-state index is 14.8. The Morgan fingerprint density at radius 2 is 2.16 bits per heavy atom. The van der Waals surface area contributed by atoms with Crippen molar-refractivity contribution in [2.45, 2.75) is 49.3 Å². The molecule has 0 aromatic rings. The largest absolute Gasteiger partial charge is 0.508 e. The molecule has 12 heteroatoms. The minimum atomic E-state index is -3.61. The number of esters is 1. The summed E-state index contributed by atoms with van der Waals surface area (Å²) in [4.78, 5) is 34.0. The molecule has 142 valence electrons. The van der Waals surface area contributed by atoms with Gasteiger partial charge in [-0.05, 0) is 0 Å². The summed E-state index contributed by atoms with van der Waals surface area (Å²) in [6.07, 6.45) is -8.57. The maximum Gasteiger partial charge on any atom is 0.508 e. The molecule has 7 atom stereocenters. The first-order valence-corrected chi connectivity index (χ1v) is 7.25. The highest BCUT2D eigenvalue weighted by molar-refractivity contribution is 5.79. The van der Waals surface area contributed by atoms with E-state index in [0.717, 1.165) is 14.0 Å². The van der Waals surface area contributed by atoms with Crippen molar-refractivity contribution in [3.8, 4) is 0 Å². The molecular formula is C13H18F2N2O8. The number of carbonyl (C=O) groups is 3. The molecule has 2 aliphatic heterocycles. The van der Waals surface area contributed by atoms with Gasteiger partial charge in [0.2, 0.25) is 5.91 Å². The quantitative estimate of drug-likeness (QED) is 0.494. The van der Waals surface area contributed by atoms with Crippen LogP contribution in [0.25, 0.3) is 0 Å². The van der Waals surface area contributed by atoms with E-state index in [-0.39, 0.29) is 0 Å². The highest BCUT2D eigenvalue weighted by Crippen LogP contribution is 2.36. The normalized spacial score (nSPS) is 39.1.